The molecular weight excluding hydrogens is 275 g/mol. The van der Waals surface area contributed by atoms with E-state index in [-0.39, 0.29) is 21.6 Å². The van der Waals surface area contributed by atoms with Gasteiger partial charge in [-0.1, -0.05) is 23.8 Å². The van der Waals surface area contributed by atoms with Crippen molar-refractivity contribution in [3.8, 4) is 11.6 Å². The van der Waals surface area contributed by atoms with Crippen LogP contribution >= 0.6 is 23.8 Å². The molecule has 3 nitrogen and oxygen atoms in total. The lowest BCUT2D eigenvalue weighted by molar-refractivity contribution is 0.457. The Morgan fingerprint density at radius 2 is 2.17 bits per heavy atom. The summed E-state index contributed by atoms with van der Waals surface area (Å²) in [5, 5.41) is 0.0259. The molecule has 0 aliphatic carbocycles. The highest BCUT2D eigenvalue weighted by Gasteiger charge is 2.09. The molecule has 0 spiro atoms. The van der Waals surface area contributed by atoms with Crippen LogP contribution in [-0.2, 0) is 0 Å². The van der Waals surface area contributed by atoms with Gasteiger partial charge in [0.25, 0.3) is 0 Å². The maximum Gasteiger partial charge on any atom is 0.229 e. The van der Waals surface area contributed by atoms with Gasteiger partial charge < -0.3 is 10.5 Å². The molecular formula is C12H8ClFN2OS. The van der Waals surface area contributed by atoms with Gasteiger partial charge in [-0.15, -0.1) is 0 Å². The largest absolute Gasteiger partial charge is 0.438 e. The molecule has 1 aromatic carbocycles. The number of rotatable bonds is 3. The minimum Gasteiger partial charge on any atom is -0.438 e. The van der Waals surface area contributed by atoms with Crippen molar-refractivity contribution in [2.45, 2.75) is 0 Å². The van der Waals surface area contributed by atoms with Gasteiger partial charge in [0.05, 0.1) is 10.6 Å². The second-order valence-electron chi connectivity index (χ2n) is 3.40. The van der Waals surface area contributed by atoms with E-state index >= 15 is 0 Å². The minimum atomic E-state index is -0.568. The topological polar surface area (TPSA) is 48.1 Å². The predicted octanol–water partition coefficient (Wildman–Crippen LogP) is 3.30. The highest BCUT2D eigenvalue weighted by Crippen LogP contribution is 2.26. The van der Waals surface area contributed by atoms with Crippen LogP contribution < -0.4 is 10.5 Å². The first-order chi connectivity index (χ1) is 8.58. The molecule has 0 unspecified atom stereocenters. The maximum atomic E-state index is 13.3. The predicted molar refractivity (Wildman–Crippen MR) is 71.6 cm³/mol. The van der Waals surface area contributed by atoms with Gasteiger partial charge in [-0.25, -0.2) is 9.37 Å². The molecule has 0 aliphatic rings. The Bertz CT molecular complexity index is 606. The first kappa shape index (κ1) is 12.7. The van der Waals surface area contributed by atoms with E-state index in [0.717, 1.165) is 0 Å². The summed E-state index contributed by atoms with van der Waals surface area (Å²) in [6, 6.07) is 7.46. The first-order valence-corrected chi connectivity index (χ1v) is 5.74. The molecule has 0 bridgehead atoms. The van der Waals surface area contributed by atoms with Gasteiger partial charge in [0, 0.05) is 12.3 Å². The Morgan fingerprint density at radius 3 is 2.83 bits per heavy atom. The van der Waals surface area contributed by atoms with E-state index in [9.17, 15) is 4.39 Å². The summed E-state index contributed by atoms with van der Waals surface area (Å²) in [5.41, 5.74) is 6.03. The van der Waals surface area contributed by atoms with Crippen LogP contribution in [0.5, 0.6) is 11.6 Å². The summed E-state index contributed by atoms with van der Waals surface area (Å²) in [6.07, 6.45) is 1.53. The smallest absolute Gasteiger partial charge is 0.229 e. The lowest BCUT2D eigenvalue weighted by Gasteiger charge is -2.08. The van der Waals surface area contributed by atoms with Crippen molar-refractivity contribution >= 4 is 28.8 Å². The molecule has 1 aromatic heterocycles. The van der Waals surface area contributed by atoms with Crippen molar-refractivity contribution in [3.63, 3.8) is 0 Å². The van der Waals surface area contributed by atoms with E-state index in [1.54, 1.807) is 12.1 Å². The number of hydrogen-bond donors (Lipinski definition) is 1. The second-order valence-corrected chi connectivity index (χ2v) is 4.25. The Kier molecular flexibility index (Phi) is 3.74. The van der Waals surface area contributed by atoms with Gasteiger partial charge in [0.1, 0.15) is 16.6 Å². The zero-order chi connectivity index (χ0) is 13.1. The normalized spacial score (nSPS) is 10.1. The van der Waals surface area contributed by atoms with Crippen LogP contribution in [0.4, 0.5) is 4.39 Å². The maximum absolute atomic E-state index is 13.3. The quantitative estimate of drug-likeness (QED) is 0.878. The Hall–Kier alpha value is -1.72. The number of ether oxygens (including phenoxy) is 1. The van der Waals surface area contributed by atoms with Gasteiger partial charge in [-0.2, -0.15) is 0 Å². The Balaban J connectivity index is 2.34. The number of hydrogen-bond acceptors (Lipinski definition) is 3. The van der Waals surface area contributed by atoms with Gasteiger partial charge in [0.2, 0.25) is 5.88 Å². The average molecular weight is 283 g/mol. The van der Waals surface area contributed by atoms with E-state index in [1.165, 1.54) is 24.4 Å². The summed E-state index contributed by atoms with van der Waals surface area (Å²) >= 11 is 10.5. The van der Waals surface area contributed by atoms with Crippen LogP contribution in [0.15, 0.2) is 36.5 Å². The van der Waals surface area contributed by atoms with Crippen LogP contribution in [0.1, 0.15) is 5.56 Å². The molecule has 0 saturated heterocycles. The van der Waals surface area contributed by atoms with Crippen LogP contribution in [0.25, 0.3) is 0 Å². The highest BCUT2D eigenvalue weighted by molar-refractivity contribution is 7.80. The fraction of sp³-hybridized carbons (Fsp3) is 0. The summed E-state index contributed by atoms with van der Waals surface area (Å²) in [7, 11) is 0. The second kappa shape index (κ2) is 5.29. The van der Waals surface area contributed by atoms with Crippen molar-refractivity contribution in [2.24, 2.45) is 5.73 Å². The number of pyridine rings is 1. The van der Waals surface area contributed by atoms with Crippen LogP contribution in [0.3, 0.4) is 0 Å². The van der Waals surface area contributed by atoms with Crippen molar-refractivity contribution in [2.75, 3.05) is 0 Å². The molecule has 2 N–H and O–H groups in total. The number of nitrogens with zero attached hydrogens (tertiary/aromatic N) is 1. The van der Waals surface area contributed by atoms with E-state index in [4.69, 9.17) is 34.3 Å². The third-order valence-corrected chi connectivity index (χ3v) is 2.67. The highest BCUT2D eigenvalue weighted by atomic mass is 35.5. The van der Waals surface area contributed by atoms with E-state index in [1.807, 2.05) is 0 Å². The zero-order valence-electron chi connectivity index (χ0n) is 9.06. The van der Waals surface area contributed by atoms with Crippen molar-refractivity contribution in [1.82, 2.24) is 4.98 Å². The number of nitrogens with two attached hydrogens (primary N) is 1. The van der Waals surface area contributed by atoms with Gasteiger partial charge in [0.15, 0.2) is 0 Å². The van der Waals surface area contributed by atoms with Gasteiger partial charge >= 0.3 is 0 Å². The average Bonchev–Trinajstić information content (AvgIpc) is 2.34. The third kappa shape index (κ3) is 2.75. The van der Waals surface area contributed by atoms with Crippen molar-refractivity contribution in [3.05, 3.63) is 52.9 Å². The summed E-state index contributed by atoms with van der Waals surface area (Å²) in [5.74, 6) is -0.0678. The molecule has 0 fully saturated rings. The van der Waals surface area contributed by atoms with Crippen molar-refractivity contribution < 1.29 is 9.13 Å². The molecule has 2 aromatic rings. The number of halogens is 2. The standard InChI is InChI=1S/C12H8ClFN2OS/c13-9-4-3-7(6-10(9)14)17-12-8(11(15)18)2-1-5-16-12/h1-6H,(H2,15,18). The lowest BCUT2D eigenvalue weighted by atomic mass is 10.2. The van der Waals surface area contributed by atoms with Crippen LogP contribution in [-0.4, -0.2) is 9.97 Å². The summed E-state index contributed by atoms with van der Waals surface area (Å²) in [4.78, 5) is 4.16. The van der Waals surface area contributed by atoms with Gasteiger partial charge in [-0.3, -0.25) is 0 Å². The minimum absolute atomic E-state index is 0.0259. The number of aromatic nitrogens is 1. The van der Waals surface area contributed by atoms with E-state index in [0.29, 0.717) is 5.56 Å². The Morgan fingerprint density at radius 1 is 1.39 bits per heavy atom. The monoisotopic (exact) mass is 282 g/mol. The fourth-order valence-corrected chi connectivity index (χ4v) is 1.58. The van der Waals surface area contributed by atoms with Gasteiger partial charge in [-0.05, 0) is 24.3 Å². The lowest BCUT2D eigenvalue weighted by Crippen LogP contribution is -2.11. The molecule has 6 heteroatoms. The number of thiocarbonyl (C=S) groups is 1. The molecule has 0 aliphatic heterocycles. The van der Waals surface area contributed by atoms with E-state index in [2.05, 4.69) is 4.98 Å². The SMILES string of the molecule is NC(=S)c1cccnc1Oc1ccc(Cl)c(F)c1. The Labute approximate surface area is 113 Å². The van der Waals surface area contributed by atoms with Crippen LogP contribution in [0, 0.1) is 5.82 Å². The molecule has 92 valence electrons. The molecule has 0 saturated carbocycles. The first-order valence-electron chi connectivity index (χ1n) is 4.95. The molecule has 18 heavy (non-hydrogen) atoms. The summed E-state index contributed by atoms with van der Waals surface area (Å²) in [6.45, 7) is 0. The van der Waals surface area contributed by atoms with Crippen molar-refractivity contribution in [1.29, 1.82) is 0 Å². The number of benzene rings is 1. The molecule has 2 rings (SSSR count). The molecule has 0 radical (unpaired) electrons. The van der Waals surface area contributed by atoms with Crippen LogP contribution in [0.2, 0.25) is 5.02 Å². The van der Waals surface area contributed by atoms with E-state index < -0.39 is 5.82 Å². The third-order valence-electron chi connectivity index (χ3n) is 2.14. The fourth-order valence-electron chi connectivity index (χ4n) is 1.31. The summed E-state index contributed by atoms with van der Waals surface area (Å²) < 4.78 is 18.7. The molecule has 0 atom stereocenters. The molecule has 0 amide bonds. The zero-order valence-corrected chi connectivity index (χ0v) is 10.6. The molecule has 1 heterocycles.